The highest BCUT2D eigenvalue weighted by Crippen LogP contribution is 2.26. The number of rotatable bonds is 3. The molecule has 1 aromatic carbocycles. The van der Waals surface area contributed by atoms with E-state index in [1.54, 1.807) is 17.9 Å². The molecule has 18 heavy (non-hydrogen) atoms. The standard InChI is InChI=1S/C13H15N3O2/c1-16-13(18-2)10-6-3-8(7-11(10)15-16)12(17)14-9-4-5-9/h3,6-7,9H,4-5H2,1-2H3,(H,14,17). The van der Waals surface area contributed by atoms with E-state index >= 15 is 0 Å². The van der Waals surface area contributed by atoms with Crippen LogP contribution >= 0.6 is 0 Å². The van der Waals surface area contributed by atoms with Crippen LogP contribution in [0.1, 0.15) is 23.2 Å². The lowest BCUT2D eigenvalue weighted by Gasteiger charge is -2.03. The average molecular weight is 245 g/mol. The summed E-state index contributed by atoms with van der Waals surface area (Å²) < 4.78 is 6.95. The van der Waals surface area contributed by atoms with Crippen LogP contribution in [-0.2, 0) is 7.05 Å². The number of hydrogen-bond donors (Lipinski definition) is 1. The number of aromatic nitrogens is 2. The van der Waals surface area contributed by atoms with Gasteiger partial charge in [-0.15, -0.1) is 0 Å². The van der Waals surface area contributed by atoms with Gasteiger partial charge in [-0.25, -0.2) is 4.68 Å². The zero-order valence-corrected chi connectivity index (χ0v) is 10.4. The van der Waals surface area contributed by atoms with E-state index in [-0.39, 0.29) is 5.91 Å². The lowest BCUT2D eigenvalue weighted by molar-refractivity contribution is 0.0951. The van der Waals surface area contributed by atoms with Crippen molar-refractivity contribution in [3.05, 3.63) is 23.8 Å². The van der Waals surface area contributed by atoms with Crippen molar-refractivity contribution in [3.8, 4) is 5.88 Å². The molecule has 2 aromatic rings. The normalized spacial score (nSPS) is 14.8. The molecule has 0 unspecified atom stereocenters. The van der Waals surface area contributed by atoms with Crippen molar-refractivity contribution < 1.29 is 9.53 Å². The van der Waals surface area contributed by atoms with E-state index < -0.39 is 0 Å². The Hall–Kier alpha value is -2.04. The Morgan fingerprint density at radius 1 is 1.50 bits per heavy atom. The van der Waals surface area contributed by atoms with Crippen molar-refractivity contribution in [1.82, 2.24) is 15.1 Å². The van der Waals surface area contributed by atoms with Crippen LogP contribution in [-0.4, -0.2) is 28.8 Å². The Morgan fingerprint density at radius 2 is 2.28 bits per heavy atom. The van der Waals surface area contributed by atoms with Gasteiger partial charge in [-0.2, -0.15) is 5.10 Å². The van der Waals surface area contributed by atoms with E-state index in [1.807, 2.05) is 19.2 Å². The molecule has 5 nitrogen and oxygen atoms in total. The molecule has 0 atom stereocenters. The van der Waals surface area contributed by atoms with Crippen LogP contribution in [0, 0.1) is 0 Å². The quantitative estimate of drug-likeness (QED) is 0.891. The topological polar surface area (TPSA) is 56.1 Å². The molecule has 1 fully saturated rings. The summed E-state index contributed by atoms with van der Waals surface area (Å²) in [5.41, 5.74) is 1.42. The first-order chi connectivity index (χ1) is 8.69. The molecule has 1 heterocycles. The third-order valence-electron chi connectivity index (χ3n) is 3.15. The molecule has 0 aliphatic heterocycles. The molecule has 0 saturated heterocycles. The number of amides is 1. The summed E-state index contributed by atoms with van der Waals surface area (Å²) >= 11 is 0. The molecule has 1 N–H and O–H groups in total. The second kappa shape index (κ2) is 4.01. The first-order valence-electron chi connectivity index (χ1n) is 6.00. The van der Waals surface area contributed by atoms with Crippen LogP contribution in [0.2, 0.25) is 0 Å². The highest BCUT2D eigenvalue weighted by atomic mass is 16.5. The largest absolute Gasteiger partial charge is 0.481 e. The maximum atomic E-state index is 11.9. The van der Waals surface area contributed by atoms with Crippen LogP contribution in [0.15, 0.2) is 18.2 Å². The minimum Gasteiger partial charge on any atom is -0.481 e. The van der Waals surface area contributed by atoms with E-state index in [1.165, 1.54) is 0 Å². The van der Waals surface area contributed by atoms with Crippen molar-refractivity contribution in [1.29, 1.82) is 0 Å². The summed E-state index contributed by atoms with van der Waals surface area (Å²) in [5.74, 6) is 0.683. The lowest BCUT2D eigenvalue weighted by Crippen LogP contribution is -2.25. The summed E-state index contributed by atoms with van der Waals surface area (Å²) in [5, 5.41) is 8.22. The number of fused-ring (bicyclic) bond motifs is 1. The Morgan fingerprint density at radius 3 is 2.94 bits per heavy atom. The van der Waals surface area contributed by atoms with Gasteiger partial charge in [0.25, 0.3) is 5.91 Å². The molecule has 1 amide bonds. The van der Waals surface area contributed by atoms with Gasteiger partial charge in [0, 0.05) is 18.7 Å². The Kier molecular flexibility index (Phi) is 2.47. The average Bonchev–Trinajstić information content (AvgIpc) is 3.09. The number of carbonyl (C=O) groups is 1. The number of benzene rings is 1. The fourth-order valence-corrected chi connectivity index (χ4v) is 2.06. The zero-order valence-electron chi connectivity index (χ0n) is 10.4. The van der Waals surface area contributed by atoms with Crippen LogP contribution < -0.4 is 10.1 Å². The molecule has 1 aromatic heterocycles. The van der Waals surface area contributed by atoms with E-state index in [9.17, 15) is 4.79 Å². The Labute approximate surface area is 105 Å². The second-order valence-electron chi connectivity index (χ2n) is 4.61. The fraction of sp³-hybridized carbons (Fsp3) is 0.385. The predicted molar refractivity (Wildman–Crippen MR) is 67.8 cm³/mol. The second-order valence-corrected chi connectivity index (χ2v) is 4.61. The van der Waals surface area contributed by atoms with Gasteiger partial charge in [-0.3, -0.25) is 4.79 Å². The number of hydrogen-bond acceptors (Lipinski definition) is 3. The van der Waals surface area contributed by atoms with Crippen LogP contribution in [0.4, 0.5) is 0 Å². The number of methoxy groups -OCH3 is 1. The Bertz CT molecular complexity index is 614. The van der Waals surface area contributed by atoms with Gasteiger partial charge < -0.3 is 10.1 Å². The molecule has 0 radical (unpaired) electrons. The van der Waals surface area contributed by atoms with Crippen LogP contribution in [0.25, 0.3) is 10.9 Å². The molecular weight excluding hydrogens is 230 g/mol. The van der Waals surface area contributed by atoms with Gasteiger partial charge in [0.1, 0.15) is 0 Å². The van der Waals surface area contributed by atoms with Gasteiger partial charge in [0.15, 0.2) is 0 Å². The number of carbonyl (C=O) groups excluding carboxylic acids is 1. The fourth-order valence-electron chi connectivity index (χ4n) is 2.06. The summed E-state index contributed by atoms with van der Waals surface area (Å²) in [6.45, 7) is 0. The van der Waals surface area contributed by atoms with Crippen LogP contribution in [0.3, 0.4) is 0 Å². The molecule has 94 valence electrons. The predicted octanol–water partition coefficient (Wildman–Crippen LogP) is 1.47. The SMILES string of the molecule is COc1c2ccc(C(=O)NC3CC3)cc2nn1C. The highest BCUT2D eigenvalue weighted by Gasteiger charge is 2.24. The van der Waals surface area contributed by atoms with E-state index in [4.69, 9.17) is 4.74 Å². The van der Waals surface area contributed by atoms with Crippen molar-refractivity contribution in [3.63, 3.8) is 0 Å². The lowest BCUT2D eigenvalue weighted by atomic mass is 10.1. The number of ether oxygens (including phenoxy) is 1. The summed E-state index contributed by atoms with van der Waals surface area (Å²) in [4.78, 5) is 11.9. The number of nitrogens with zero attached hydrogens (tertiary/aromatic N) is 2. The smallest absolute Gasteiger partial charge is 0.251 e. The number of aryl methyl sites for hydroxylation is 1. The van der Waals surface area contributed by atoms with Crippen molar-refractivity contribution in [2.24, 2.45) is 7.05 Å². The molecule has 1 aliphatic rings. The van der Waals surface area contributed by atoms with Gasteiger partial charge in [-0.05, 0) is 31.0 Å². The minimum atomic E-state index is -0.0241. The van der Waals surface area contributed by atoms with E-state index in [2.05, 4.69) is 10.4 Å². The van der Waals surface area contributed by atoms with Gasteiger partial charge >= 0.3 is 0 Å². The number of nitrogens with one attached hydrogen (secondary N) is 1. The molecule has 1 saturated carbocycles. The summed E-state index contributed by atoms with van der Waals surface area (Å²) in [7, 11) is 3.44. The van der Waals surface area contributed by atoms with E-state index in [0.717, 1.165) is 23.7 Å². The first kappa shape index (κ1) is 11.1. The van der Waals surface area contributed by atoms with Crippen LogP contribution in [0.5, 0.6) is 5.88 Å². The van der Waals surface area contributed by atoms with Gasteiger partial charge in [0.2, 0.25) is 5.88 Å². The van der Waals surface area contributed by atoms with Gasteiger partial charge in [0.05, 0.1) is 18.0 Å². The third kappa shape index (κ3) is 1.81. The van der Waals surface area contributed by atoms with E-state index in [0.29, 0.717) is 17.5 Å². The maximum Gasteiger partial charge on any atom is 0.251 e. The van der Waals surface area contributed by atoms with Crippen molar-refractivity contribution in [2.45, 2.75) is 18.9 Å². The minimum absolute atomic E-state index is 0.0241. The van der Waals surface area contributed by atoms with Crippen molar-refractivity contribution in [2.75, 3.05) is 7.11 Å². The van der Waals surface area contributed by atoms with Gasteiger partial charge in [-0.1, -0.05) is 0 Å². The molecular formula is C13H15N3O2. The molecule has 0 spiro atoms. The zero-order chi connectivity index (χ0) is 12.7. The summed E-state index contributed by atoms with van der Waals surface area (Å²) in [6, 6.07) is 5.86. The monoisotopic (exact) mass is 245 g/mol. The Balaban J connectivity index is 1.97. The molecule has 5 heteroatoms. The summed E-state index contributed by atoms with van der Waals surface area (Å²) in [6.07, 6.45) is 2.18. The first-order valence-corrected chi connectivity index (χ1v) is 6.00. The molecule has 3 rings (SSSR count). The molecule has 0 bridgehead atoms. The highest BCUT2D eigenvalue weighted by molar-refractivity contribution is 5.99. The third-order valence-corrected chi connectivity index (χ3v) is 3.15. The molecule has 1 aliphatic carbocycles. The maximum absolute atomic E-state index is 11.9. The van der Waals surface area contributed by atoms with Crippen molar-refractivity contribution >= 4 is 16.8 Å².